The van der Waals surface area contributed by atoms with E-state index in [1.54, 1.807) is 0 Å². The van der Waals surface area contributed by atoms with Gasteiger partial charge in [-0.1, -0.05) is 31.0 Å². The standard InChI is InChI=1S/C15H18N2/c1-16-14(9-11-4-5-11)13-7-6-12-3-2-8-17-15(12)10-13/h2-3,6-8,10-11,14,16H,4-5,9H2,1H3. The van der Waals surface area contributed by atoms with Gasteiger partial charge in [-0.2, -0.15) is 0 Å². The quantitative estimate of drug-likeness (QED) is 0.865. The first-order valence-corrected chi connectivity index (χ1v) is 6.39. The van der Waals surface area contributed by atoms with Gasteiger partial charge in [-0.15, -0.1) is 0 Å². The smallest absolute Gasteiger partial charge is 0.0705 e. The molecular formula is C15H18N2. The summed E-state index contributed by atoms with van der Waals surface area (Å²) in [7, 11) is 2.05. The van der Waals surface area contributed by atoms with E-state index in [-0.39, 0.29) is 0 Å². The van der Waals surface area contributed by atoms with Crippen LogP contribution in [0.1, 0.15) is 30.9 Å². The summed E-state index contributed by atoms with van der Waals surface area (Å²) in [6, 6.07) is 11.2. The summed E-state index contributed by atoms with van der Waals surface area (Å²) in [5.41, 5.74) is 2.46. The highest BCUT2D eigenvalue weighted by Gasteiger charge is 2.25. The van der Waals surface area contributed by atoms with E-state index in [0.29, 0.717) is 6.04 Å². The Labute approximate surface area is 102 Å². The minimum Gasteiger partial charge on any atom is -0.313 e. The fourth-order valence-electron chi connectivity index (χ4n) is 2.41. The summed E-state index contributed by atoms with van der Waals surface area (Å²) in [6.07, 6.45) is 5.93. The Hall–Kier alpha value is -1.41. The first kappa shape index (κ1) is 10.7. The lowest BCUT2D eigenvalue weighted by atomic mass is 10.00. The third-order valence-electron chi connectivity index (χ3n) is 3.65. The lowest BCUT2D eigenvalue weighted by Gasteiger charge is -2.16. The van der Waals surface area contributed by atoms with Crippen LogP contribution in [0.25, 0.3) is 10.9 Å². The molecule has 1 heterocycles. The molecule has 1 saturated carbocycles. The van der Waals surface area contributed by atoms with E-state index < -0.39 is 0 Å². The van der Waals surface area contributed by atoms with Crippen molar-refractivity contribution >= 4 is 10.9 Å². The topological polar surface area (TPSA) is 24.9 Å². The summed E-state index contributed by atoms with van der Waals surface area (Å²) in [5.74, 6) is 0.937. The number of fused-ring (bicyclic) bond motifs is 1. The zero-order valence-corrected chi connectivity index (χ0v) is 10.2. The van der Waals surface area contributed by atoms with Gasteiger partial charge >= 0.3 is 0 Å². The molecule has 2 heteroatoms. The molecule has 0 aliphatic heterocycles. The van der Waals surface area contributed by atoms with Gasteiger partial charge in [0.25, 0.3) is 0 Å². The molecule has 1 N–H and O–H groups in total. The van der Waals surface area contributed by atoms with Crippen molar-refractivity contribution in [2.24, 2.45) is 5.92 Å². The van der Waals surface area contributed by atoms with Gasteiger partial charge in [-0.05, 0) is 37.1 Å². The Kier molecular flexibility index (Phi) is 2.81. The van der Waals surface area contributed by atoms with Crippen LogP contribution >= 0.6 is 0 Å². The van der Waals surface area contributed by atoms with E-state index >= 15 is 0 Å². The second-order valence-corrected chi connectivity index (χ2v) is 4.98. The predicted octanol–water partition coefficient (Wildman–Crippen LogP) is 3.30. The van der Waals surface area contributed by atoms with Gasteiger partial charge in [0.05, 0.1) is 5.52 Å². The van der Waals surface area contributed by atoms with Gasteiger partial charge in [0.2, 0.25) is 0 Å². The van der Waals surface area contributed by atoms with Crippen LogP contribution in [-0.2, 0) is 0 Å². The molecule has 0 amide bonds. The fraction of sp³-hybridized carbons (Fsp3) is 0.400. The van der Waals surface area contributed by atoms with Gasteiger partial charge in [0.1, 0.15) is 0 Å². The average Bonchev–Trinajstić information content (AvgIpc) is 3.19. The third-order valence-corrected chi connectivity index (χ3v) is 3.65. The third kappa shape index (κ3) is 2.32. The highest BCUT2D eigenvalue weighted by atomic mass is 14.9. The second kappa shape index (κ2) is 4.46. The SMILES string of the molecule is CNC(CC1CC1)c1ccc2cccnc2c1. The van der Waals surface area contributed by atoms with Crippen LogP contribution in [0.15, 0.2) is 36.5 Å². The number of hydrogen-bond acceptors (Lipinski definition) is 2. The minimum absolute atomic E-state index is 0.480. The maximum atomic E-state index is 4.43. The zero-order chi connectivity index (χ0) is 11.7. The Morgan fingerprint density at radius 3 is 3.00 bits per heavy atom. The van der Waals surface area contributed by atoms with E-state index in [9.17, 15) is 0 Å². The Bertz CT molecular complexity index is 517. The van der Waals surface area contributed by atoms with Crippen LogP contribution < -0.4 is 5.32 Å². The molecule has 88 valence electrons. The van der Waals surface area contributed by atoms with E-state index in [1.165, 1.54) is 30.2 Å². The molecule has 0 spiro atoms. The normalized spacial score (nSPS) is 17.2. The van der Waals surface area contributed by atoms with Crippen LogP contribution in [0.2, 0.25) is 0 Å². The van der Waals surface area contributed by atoms with E-state index in [2.05, 4.69) is 41.6 Å². The van der Waals surface area contributed by atoms with Crippen molar-refractivity contribution in [1.82, 2.24) is 10.3 Å². The minimum atomic E-state index is 0.480. The van der Waals surface area contributed by atoms with Crippen LogP contribution in [0.3, 0.4) is 0 Å². The van der Waals surface area contributed by atoms with Crippen molar-refractivity contribution in [1.29, 1.82) is 0 Å². The maximum absolute atomic E-state index is 4.43. The first-order valence-electron chi connectivity index (χ1n) is 6.39. The van der Waals surface area contributed by atoms with Gasteiger partial charge < -0.3 is 5.32 Å². The number of pyridine rings is 1. The van der Waals surface area contributed by atoms with Crippen LogP contribution in [0, 0.1) is 5.92 Å². The van der Waals surface area contributed by atoms with Crippen molar-refractivity contribution in [3.05, 3.63) is 42.1 Å². The zero-order valence-electron chi connectivity index (χ0n) is 10.2. The second-order valence-electron chi connectivity index (χ2n) is 4.98. The van der Waals surface area contributed by atoms with E-state index in [0.717, 1.165) is 11.4 Å². The molecule has 1 aliphatic carbocycles. The molecular weight excluding hydrogens is 208 g/mol. The van der Waals surface area contributed by atoms with Crippen LogP contribution in [0.4, 0.5) is 0 Å². The van der Waals surface area contributed by atoms with Crippen molar-refractivity contribution in [3.63, 3.8) is 0 Å². The largest absolute Gasteiger partial charge is 0.313 e. The number of nitrogens with zero attached hydrogens (tertiary/aromatic N) is 1. The Morgan fingerprint density at radius 1 is 1.35 bits per heavy atom. The highest BCUT2D eigenvalue weighted by Crippen LogP contribution is 2.37. The van der Waals surface area contributed by atoms with Gasteiger partial charge in [0.15, 0.2) is 0 Å². The molecule has 1 atom stereocenters. The molecule has 1 fully saturated rings. The number of rotatable bonds is 4. The summed E-state index contributed by atoms with van der Waals surface area (Å²) >= 11 is 0. The fourth-order valence-corrected chi connectivity index (χ4v) is 2.41. The Balaban J connectivity index is 1.92. The van der Waals surface area contributed by atoms with Crippen molar-refractivity contribution in [2.75, 3.05) is 7.05 Å². The molecule has 1 aliphatic rings. The number of nitrogens with one attached hydrogen (secondary N) is 1. The molecule has 0 bridgehead atoms. The van der Waals surface area contributed by atoms with Crippen LogP contribution in [-0.4, -0.2) is 12.0 Å². The number of benzene rings is 1. The monoisotopic (exact) mass is 226 g/mol. The predicted molar refractivity (Wildman–Crippen MR) is 70.9 cm³/mol. The highest BCUT2D eigenvalue weighted by molar-refractivity contribution is 5.78. The van der Waals surface area contributed by atoms with Crippen LogP contribution in [0.5, 0.6) is 0 Å². The lowest BCUT2D eigenvalue weighted by molar-refractivity contribution is 0.515. The molecule has 0 radical (unpaired) electrons. The lowest BCUT2D eigenvalue weighted by Crippen LogP contribution is -2.16. The van der Waals surface area contributed by atoms with Crippen molar-refractivity contribution in [2.45, 2.75) is 25.3 Å². The molecule has 17 heavy (non-hydrogen) atoms. The molecule has 3 rings (SSSR count). The number of hydrogen-bond donors (Lipinski definition) is 1. The van der Waals surface area contributed by atoms with E-state index in [1.807, 2.05) is 12.3 Å². The summed E-state index contributed by atoms with van der Waals surface area (Å²) in [4.78, 5) is 4.43. The van der Waals surface area contributed by atoms with Crippen molar-refractivity contribution < 1.29 is 0 Å². The Morgan fingerprint density at radius 2 is 2.24 bits per heavy atom. The molecule has 1 aromatic carbocycles. The maximum Gasteiger partial charge on any atom is 0.0705 e. The molecule has 1 unspecified atom stereocenters. The first-order chi connectivity index (χ1) is 8.36. The summed E-state index contributed by atoms with van der Waals surface area (Å²) in [5, 5.41) is 4.65. The molecule has 0 saturated heterocycles. The summed E-state index contributed by atoms with van der Waals surface area (Å²) < 4.78 is 0. The van der Waals surface area contributed by atoms with Crippen molar-refractivity contribution in [3.8, 4) is 0 Å². The molecule has 2 aromatic rings. The average molecular weight is 226 g/mol. The molecule has 1 aromatic heterocycles. The summed E-state index contributed by atoms with van der Waals surface area (Å²) in [6.45, 7) is 0. The van der Waals surface area contributed by atoms with E-state index in [4.69, 9.17) is 0 Å². The van der Waals surface area contributed by atoms with Gasteiger partial charge in [-0.25, -0.2) is 0 Å². The van der Waals surface area contributed by atoms with Gasteiger partial charge in [0, 0.05) is 17.6 Å². The number of aromatic nitrogens is 1. The van der Waals surface area contributed by atoms with Gasteiger partial charge in [-0.3, -0.25) is 4.98 Å². The molecule has 2 nitrogen and oxygen atoms in total.